The summed E-state index contributed by atoms with van der Waals surface area (Å²) in [6, 6.07) is 19.2. The molecular weight excluding hydrogens is 580 g/mol. The Morgan fingerprint density at radius 2 is 1.77 bits per heavy atom. The fourth-order valence-electron chi connectivity index (χ4n) is 4.86. The summed E-state index contributed by atoms with van der Waals surface area (Å²) in [6.45, 7) is 6.23. The van der Waals surface area contributed by atoms with Gasteiger partial charge in [0.2, 0.25) is 0 Å². The van der Waals surface area contributed by atoms with Gasteiger partial charge in [0, 0.05) is 0 Å². The number of carbonyl (C=O) groups excluding carboxylic acids is 1. The molecule has 3 aromatic carbocycles. The second kappa shape index (κ2) is 13.2. The molecule has 0 bridgehead atoms. The lowest BCUT2D eigenvalue weighted by molar-refractivity contribution is -0.140. The van der Waals surface area contributed by atoms with Crippen molar-refractivity contribution in [2.45, 2.75) is 33.4 Å². The van der Waals surface area contributed by atoms with Gasteiger partial charge in [-0.2, -0.15) is 0 Å². The number of hydrogen-bond donors (Lipinski definition) is 1. The van der Waals surface area contributed by atoms with Crippen LogP contribution in [0.15, 0.2) is 87.8 Å². The normalized spacial score (nSPS) is 14.7. The minimum Gasteiger partial charge on any atom is -0.504 e. The Balaban J connectivity index is 1.62. The molecule has 228 valence electrons. The van der Waals surface area contributed by atoms with Gasteiger partial charge in [0.1, 0.15) is 6.61 Å². The summed E-state index contributed by atoms with van der Waals surface area (Å²) in [5.74, 6) is 0.863. The Morgan fingerprint density at radius 1 is 1.02 bits per heavy atom. The molecule has 1 N–H and O–H groups in total. The lowest BCUT2D eigenvalue weighted by atomic mass is 9.95. The zero-order valence-electron chi connectivity index (χ0n) is 25.2. The van der Waals surface area contributed by atoms with Crippen molar-refractivity contribution in [1.29, 1.82) is 0 Å². The van der Waals surface area contributed by atoms with Crippen molar-refractivity contribution >= 4 is 23.4 Å². The molecule has 1 aromatic heterocycles. The van der Waals surface area contributed by atoms with Crippen molar-refractivity contribution in [3.63, 3.8) is 0 Å². The first-order valence-corrected chi connectivity index (χ1v) is 14.9. The van der Waals surface area contributed by atoms with Crippen LogP contribution in [0.2, 0.25) is 0 Å². The van der Waals surface area contributed by atoms with Crippen LogP contribution in [0.3, 0.4) is 0 Å². The Kier molecular flexibility index (Phi) is 9.20. The fraction of sp³-hybridized carbons (Fsp3) is 0.265. The molecule has 1 unspecified atom stereocenters. The highest BCUT2D eigenvalue weighted by atomic mass is 32.1. The first-order valence-electron chi connectivity index (χ1n) is 14.1. The SMILES string of the molecule is COc1cc(/C=c2\sc3n(c2=O)C(c2ccc(OCc4ccccc4)c(OC)c2)C(C(=O)OCC(C)C)=C(C)N=3)ccc1O. The quantitative estimate of drug-likeness (QED) is 0.257. The first kappa shape index (κ1) is 30.6. The smallest absolute Gasteiger partial charge is 0.338 e. The standard InChI is InChI=1S/C34H34N2O7S/c1-20(2)18-43-33(39)30-21(3)35-34-36(32(38)29(44-34)16-23-11-13-25(37)27(15-23)40-4)31(30)24-12-14-26(28(17-24)41-5)42-19-22-9-7-6-8-10-22/h6-17,20,31,37H,18-19H2,1-5H3/b29-16-. The molecule has 5 rings (SSSR count). The topological polar surface area (TPSA) is 109 Å². The maximum Gasteiger partial charge on any atom is 0.338 e. The van der Waals surface area contributed by atoms with E-state index in [1.807, 2.05) is 50.2 Å². The first-order chi connectivity index (χ1) is 21.2. The number of thiazole rings is 1. The molecule has 1 aliphatic heterocycles. The number of carbonyl (C=O) groups is 1. The molecule has 0 aliphatic carbocycles. The number of aromatic nitrogens is 1. The van der Waals surface area contributed by atoms with E-state index in [9.17, 15) is 14.7 Å². The monoisotopic (exact) mass is 614 g/mol. The van der Waals surface area contributed by atoms with E-state index in [2.05, 4.69) is 4.99 Å². The summed E-state index contributed by atoms with van der Waals surface area (Å²) in [5.41, 5.74) is 2.72. The molecule has 0 radical (unpaired) electrons. The van der Waals surface area contributed by atoms with Crippen molar-refractivity contribution < 1.29 is 28.8 Å². The number of rotatable bonds is 10. The Morgan fingerprint density at radius 3 is 2.48 bits per heavy atom. The van der Waals surface area contributed by atoms with E-state index < -0.39 is 12.0 Å². The van der Waals surface area contributed by atoms with E-state index >= 15 is 0 Å². The van der Waals surface area contributed by atoms with E-state index in [1.165, 1.54) is 29.1 Å². The molecule has 1 aliphatic rings. The van der Waals surface area contributed by atoms with Crippen LogP contribution in [-0.4, -0.2) is 36.5 Å². The predicted molar refractivity (Wildman–Crippen MR) is 168 cm³/mol. The molecule has 4 aromatic rings. The van der Waals surface area contributed by atoms with E-state index in [0.29, 0.717) is 44.3 Å². The van der Waals surface area contributed by atoms with Crippen molar-refractivity contribution in [3.05, 3.63) is 114 Å². The summed E-state index contributed by atoms with van der Waals surface area (Å²) in [4.78, 5) is 32.7. The lowest BCUT2D eigenvalue weighted by Gasteiger charge is -2.25. The summed E-state index contributed by atoms with van der Waals surface area (Å²) in [6.07, 6.45) is 1.71. The molecule has 9 nitrogen and oxygen atoms in total. The zero-order chi connectivity index (χ0) is 31.4. The highest BCUT2D eigenvalue weighted by Gasteiger charge is 2.34. The predicted octanol–water partition coefficient (Wildman–Crippen LogP) is 4.74. The minimum atomic E-state index is -0.820. The van der Waals surface area contributed by atoms with Gasteiger partial charge < -0.3 is 24.1 Å². The summed E-state index contributed by atoms with van der Waals surface area (Å²) >= 11 is 1.21. The summed E-state index contributed by atoms with van der Waals surface area (Å²) in [5, 5.41) is 10.0. The molecule has 0 amide bonds. The van der Waals surface area contributed by atoms with Crippen molar-refractivity contribution in [2.75, 3.05) is 20.8 Å². The average Bonchev–Trinajstić information content (AvgIpc) is 3.33. The second-order valence-corrected chi connectivity index (χ2v) is 11.7. The Bertz CT molecular complexity index is 1890. The number of allylic oxidation sites excluding steroid dienone is 1. The molecule has 10 heteroatoms. The van der Waals surface area contributed by atoms with Crippen LogP contribution in [0, 0.1) is 5.92 Å². The molecular formula is C34H34N2O7S. The van der Waals surface area contributed by atoms with Crippen LogP contribution in [0.5, 0.6) is 23.0 Å². The number of nitrogens with zero attached hydrogens (tertiary/aromatic N) is 2. The number of methoxy groups -OCH3 is 2. The van der Waals surface area contributed by atoms with Crippen molar-refractivity contribution in [3.8, 4) is 23.0 Å². The molecule has 0 saturated heterocycles. The van der Waals surface area contributed by atoms with Crippen LogP contribution < -0.4 is 29.1 Å². The Labute approximate surface area is 258 Å². The third-order valence-corrected chi connectivity index (χ3v) is 8.01. The van der Waals surface area contributed by atoms with Gasteiger partial charge in [0.15, 0.2) is 27.8 Å². The van der Waals surface area contributed by atoms with Gasteiger partial charge in [-0.15, -0.1) is 0 Å². The molecule has 44 heavy (non-hydrogen) atoms. The summed E-state index contributed by atoms with van der Waals surface area (Å²) < 4.78 is 24.6. The van der Waals surface area contributed by atoms with E-state index in [0.717, 1.165) is 5.56 Å². The van der Waals surface area contributed by atoms with Gasteiger partial charge in [0.25, 0.3) is 5.56 Å². The zero-order valence-corrected chi connectivity index (χ0v) is 26.0. The van der Waals surface area contributed by atoms with Gasteiger partial charge in [-0.05, 0) is 59.9 Å². The van der Waals surface area contributed by atoms with Crippen LogP contribution in [-0.2, 0) is 16.1 Å². The van der Waals surface area contributed by atoms with E-state index in [4.69, 9.17) is 18.9 Å². The lowest BCUT2D eigenvalue weighted by Crippen LogP contribution is -2.40. The molecule has 0 spiro atoms. The molecule has 1 atom stereocenters. The van der Waals surface area contributed by atoms with Crippen LogP contribution in [0.4, 0.5) is 0 Å². The highest BCUT2D eigenvalue weighted by Crippen LogP contribution is 2.36. The molecule has 0 fully saturated rings. The third kappa shape index (κ3) is 6.40. The van der Waals surface area contributed by atoms with Crippen LogP contribution in [0.1, 0.15) is 43.5 Å². The number of ether oxygens (including phenoxy) is 4. The van der Waals surface area contributed by atoms with Crippen molar-refractivity contribution in [1.82, 2.24) is 4.57 Å². The minimum absolute atomic E-state index is 0.00331. The number of fused-ring (bicyclic) bond motifs is 1. The third-order valence-electron chi connectivity index (χ3n) is 7.03. The number of benzene rings is 3. The number of phenolic OH excluding ortho intramolecular Hbond substituents is 1. The number of aromatic hydroxyl groups is 1. The maximum absolute atomic E-state index is 14.0. The number of hydrogen-bond acceptors (Lipinski definition) is 9. The van der Waals surface area contributed by atoms with Crippen LogP contribution >= 0.6 is 11.3 Å². The van der Waals surface area contributed by atoms with Crippen LogP contribution in [0.25, 0.3) is 6.08 Å². The Hall–Kier alpha value is -4.83. The number of esters is 1. The van der Waals surface area contributed by atoms with Crippen molar-refractivity contribution in [2.24, 2.45) is 10.9 Å². The van der Waals surface area contributed by atoms with Gasteiger partial charge >= 0.3 is 5.97 Å². The molecule has 2 heterocycles. The van der Waals surface area contributed by atoms with Gasteiger partial charge in [-0.1, -0.05) is 67.6 Å². The van der Waals surface area contributed by atoms with Gasteiger partial charge in [-0.3, -0.25) is 9.36 Å². The number of phenols is 1. The van der Waals surface area contributed by atoms with Gasteiger partial charge in [-0.25, -0.2) is 9.79 Å². The average molecular weight is 615 g/mol. The summed E-state index contributed by atoms with van der Waals surface area (Å²) in [7, 11) is 3.01. The fourth-order valence-corrected chi connectivity index (χ4v) is 5.91. The molecule has 0 saturated carbocycles. The largest absolute Gasteiger partial charge is 0.504 e. The van der Waals surface area contributed by atoms with Gasteiger partial charge in [0.05, 0.1) is 42.7 Å². The van der Waals surface area contributed by atoms with E-state index in [1.54, 1.807) is 44.4 Å². The second-order valence-electron chi connectivity index (χ2n) is 10.7. The van der Waals surface area contributed by atoms with E-state index in [-0.39, 0.29) is 35.2 Å². The maximum atomic E-state index is 14.0. The highest BCUT2D eigenvalue weighted by molar-refractivity contribution is 7.07.